The molecule has 0 unspecified atom stereocenters. The Bertz CT molecular complexity index is 164. The van der Waals surface area contributed by atoms with Crippen LogP contribution in [-0.2, 0) is 0 Å². The molecule has 0 radical (unpaired) electrons. The zero-order valence-electron chi connectivity index (χ0n) is 12.0. The van der Waals surface area contributed by atoms with E-state index in [1.54, 1.807) is 0 Å². The van der Waals surface area contributed by atoms with Gasteiger partial charge in [0.25, 0.3) is 0 Å². The monoisotopic (exact) mass is 224 g/mol. The predicted molar refractivity (Wildman–Crippen MR) is 73.7 cm³/mol. The Kier molecular flexibility index (Phi) is 5.86. The van der Waals surface area contributed by atoms with Crippen molar-refractivity contribution in [3.8, 4) is 0 Å². The first kappa shape index (κ1) is 14.1. The van der Waals surface area contributed by atoms with Gasteiger partial charge >= 0.3 is 0 Å². The van der Waals surface area contributed by atoms with Crippen LogP contribution in [0, 0.1) is 17.3 Å². The lowest BCUT2D eigenvalue weighted by Crippen LogP contribution is -2.28. The topological polar surface area (TPSA) is 0 Å². The van der Waals surface area contributed by atoms with Crippen molar-refractivity contribution in [3.63, 3.8) is 0 Å². The highest BCUT2D eigenvalue weighted by atomic mass is 14.4. The van der Waals surface area contributed by atoms with E-state index in [4.69, 9.17) is 0 Å². The fourth-order valence-electron chi connectivity index (χ4n) is 3.88. The van der Waals surface area contributed by atoms with Crippen molar-refractivity contribution in [2.24, 2.45) is 17.3 Å². The SMILES string of the molecule is CCCC1(CCC)CCC(CC(C)C)CC1. The molecule has 1 aliphatic rings. The average molecular weight is 224 g/mol. The third kappa shape index (κ3) is 4.11. The smallest absolute Gasteiger partial charge is 0.0297 e. The number of hydrogen-bond donors (Lipinski definition) is 0. The zero-order chi connectivity index (χ0) is 12.0. The van der Waals surface area contributed by atoms with Crippen molar-refractivity contribution >= 4 is 0 Å². The second kappa shape index (κ2) is 6.67. The molecular formula is C16H32. The van der Waals surface area contributed by atoms with Gasteiger partial charge in [-0.05, 0) is 62.2 Å². The van der Waals surface area contributed by atoms with Gasteiger partial charge in [-0.1, -0.05) is 40.5 Å². The first-order valence-electron chi connectivity index (χ1n) is 7.62. The van der Waals surface area contributed by atoms with E-state index in [9.17, 15) is 0 Å². The maximum atomic E-state index is 2.37. The molecule has 1 aliphatic carbocycles. The first-order chi connectivity index (χ1) is 7.62. The molecule has 1 rings (SSSR count). The Labute approximate surface area is 103 Å². The highest BCUT2D eigenvalue weighted by molar-refractivity contribution is 4.85. The molecular weight excluding hydrogens is 192 g/mol. The number of rotatable bonds is 6. The summed E-state index contributed by atoms with van der Waals surface area (Å²) in [6.45, 7) is 9.47. The minimum absolute atomic E-state index is 0.747. The molecule has 1 fully saturated rings. The van der Waals surface area contributed by atoms with Crippen LogP contribution in [0.4, 0.5) is 0 Å². The highest BCUT2D eigenvalue weighted by Crippen LogP contribution is 2.46. The largest absolute Gasteiger partial charge is 0.0654 e. The lowest BCUT2D eigenvalue weighted by molar-refractivity contribution is 0.113. The summed E-state index contributed by atoms with van der Waals surface area (Å²) >= 11 is 0. The van der Waals surface area contributed by atoms with E-state index in [1.165, 1.54) is 57.8 Å². The molecule has 0 aromatic carbocycles. The van der Waals surface area contributed by atoms with E-state index in [1.807, 2.05) is 0 Å². The number of hydrogen-bond acceptors (Lipinski definition) is 0. The van der Waals surface area contributed by atoms with Gasteiger partial charge < -0.3 is 0 Å². The predicted octanol–water partition coefficient (Wildman–Crippen LogP) is 5.81. The van der Waals surface area contributed by atoms with E-state index in [0.29, 0.717) is 0 Å². The summed E-state index contributed by atoms with van der Waals surface area (Å²) in [5.74, 6) is 1.94. The van der Waals surface area contributed by atoms with Crippen molar-refractivity contribution in [3.05, 3.63) is 0 Å². The maximum absolute atomic E-state index is 2.37. The summed E-state index contributed by atoms with van der Waals surface area (Å²) < 4.78 is 0. The molecule has 96 valence electrons. The van der Waals surface area contributed by atoms with Gasteiger partial charge in [-0.25, -0.2) is 0 Å². The van der Waals surface area contributed by atoms with Gasteiger partial charge in [-0.3, -0.25) is 0 Å². The Morgan fingerprint density at radius 1 is 1.00 bits per heavy atom. The first-order valence-corrected chi connectivity index (χ1v) is 7.62. The van der Waals surface area contributed by atoms with E-state index in [0.717, 1.165) is 17.3 Å². The Hall–Kier alpha value is 0. The average Bonchev–Trinajstić information content (AvgIpc) is 2.22. The van der Waals surface area contributed by atoms with Crippen LogP contribution in [0.1, 0.15) is 85.5 Å². The molecule has 0 aromatic heterocycles. The summed E-state index contributed by atoms with van der Waals surface area (Å²) in [6.07, 6.45) is 13.3. The molecule has 0 spiro atoms. The molecule has 0 nitrogen and oxygen atoms in total. The lowest BCUT2D eigenvalue weighted by Gasteiger charge is -2.41. The van der Waals surface area contributed by atoms with E-state index in [2.05, 4.69) is 27.7 Å². The van der Waals surface area contributed by atoms with Gasteiger partial charge in [-0.2, -0.15) is 0 Å². The second-order valence-electron chi connectivity index (χ2n) is 6.57. The fourth-order valence-corrected chi connectivity index (χ4v) is 3.88. The molecule has 0 N–H and O–H groups in total. The van der Waals surface area contributed by atoms with Crippen molar-refractivity contribution in [1.82, 2.24) is 0 Å². The molecule has 0 aliphatic heterocycles. The summed E-state index contributed by atoms with van der Waals surface area (Å²) in [5, 5.41) is 0. The molecule has 0 saturated heterocycles. The van der Waals surface area contributed by atoms with Gasteiger partial charge in [0.2, 0.25) is 0 Å². The summed E-state index contributed by atoms with van der Waals surface area (Å²) in [4.78, 5) is 0. The Balaban J connectivity index is 2.42. The lowest BCUT2D eigenvalue weighted by atomic mass is 9.65. The highest BCUT2D eigenvalue weighted by Gasteiger charge is 2.33. The van der Waals surface area contributed by atoms with Crippen molar-refractivity contribution in [1.29, 1.82) is 0 Å². The van der Waals surface area contributed by atoms with Crippen LogP contribution in [0.3, 0.4) is 0 Å². The normalized spacial score (nSPS) is 21.6. The standard InChI is InChI=1S/C16H32/c1-5-9-16(10-6-2)11-7-15(8-12-16)13-14(3)4/h14-15H,5-13H2,1-4H3. The molecule has 0 aromatic rings. The fraction of sp³-hybridized carbons (Fsp3) is 1.00. The quantitative estimate of drug-likeness (QED) is 0.534. The summed E-state index contributed by atoms with van der Waals surface area (Å²) in [6, 6.07) is 0. The second-order valence-corrected chi connectivity index (χ2v) is 6.57. The van der Waals surface area contributed by atoms with Crippen molar-refractivity contribution < 1.29 is 0 Å². The van der Waals surface area contributed by atoms with Crippen LogP contribution in [0.2, 0.25) is 0 Å². The van der Waals surface area contributed by atoms with Gasteiger partial charge in [0.1, 0.15) is 0 Å². The van der Waals surface area contributed by atoms with Gasteiger partial charge in [0.15, 0.2) is 0 Å². The van der Waals surface area contributed by atoms with Crippen LogP contribution in [-0.4, -0.2) is 0 Å². The van der Waals surface area contributed by atoms with Crippen LogP contribution in [0.5, 0.6) is 0 Å². The van der Waals surface area contributed by atoms with E-state index in [-0.39, 0.29) is 0 Å². The van der Waals surface area contributed by atoms with Crippen molar-refractivity contribution in [2.45, 2.75) is 85.5 Å². The molecule has 0 bridgehead atoms. The van der Waals surface area contributed by atoms with Gasteiger partial charge in [0.05, 0.1) is 0 Å². The van der Waals surface area contributed by atoms with Crippen molar-refractivity contribution in [2.75, 3.05) is 0 Å². The van der Waals surface area contributed by atoms with Crippen LogP contribution in [0.15, 0.2) is 0 Å². The minimum Gasteiger partial charge on any atom is -0.0654 e. The van der Waals surface area contributed by atoms with Gasteiger partial charge in [0, 0.05) is 0 Å². The summed E-state index contributed by atoms with van der Waals surface area (Å²) in [5.41, 5.74) is 0.747. The van der Waals surface area contributed by atoms with Gasteiger partial charge in [-0.15, -0.1) is 0 Å². The minimum atomic E-state index is 0.747. The zero-order valence-corrected chi connectivity index (χ0v) is 12.0. The molecule has 0 heteroatoms. The van der Waals surface area contributed by atoms with Crippen LogP contribution in [0.25, 0.3) is 0 Å². The van der Waals surface area contributed by atoms with Crippen LogP contribution >= 0.6 is 0 Å². The third-order valence-corrected chi connectivity index (χ3v) is 4.53. The molecule has 0 amide bonds. The maximum Gasteiger partial charge on any atom is -0.0297 e. The Morgan fingerprint density at radius 2 is 1.50 bits per heavy atom. The molecule has 0 heterocycles. The van der Waals surface area contributed by atoms with E-state index < -0.39 is 0 Å². The third-order valence-electron chi connectivity index (χ3n) is 4.53. The Morgan fingerprint density at radius 3 is 1.88 bits per heavy atom. The molecule has 16 heavy (non-hydrogen) atoms. The van der Waals surface area contributed by atoms with E-state index >= 15 is 0 Å². The summed E-state index contributed by atoms with van der Waals surface area (Å²) in [7, 11) is 0. The molecule has 1 saturated carbocycles. The van der Waals surface area contributed by atoms with Crippen LogP contribution < -0.4 is 0 Å². The molecule has 0 atom stereocenters.